The number of carbonyl (C=O) groups is 1. The third kappa shape index (κ3) is 3.75. The zero-order valence-corrected chi connectivity index (χ0v) is 13.4. The Morgan fingerprint density at radius 1 is 1.35 bits per heavy atom. The molecule has 0 saturated carbocycles. The highest BCUT2D eigenvalue weighted by Gasteiger charge is 2.24. The van der Waals surface area contributed by atoms with E-state index in [9.17, 15) is 4.79 Å². The second-order valence-electron chi connectivity index (χ2n) is 6.38. The maximum absolute atomic E-state index is 11.1. The minimum atomic E-state index is -0.772. The van der Waals surface area contributed by atoms with Gasteiger partial charge in [-0.3, -0.25) is 4.79 Å². The first-order valence-electron chi connectivity index (χ1n) is 7.13. The SMILES string of the molecule is CCc1cc(CC(C)C(=O)O)c(OC)c(C(C)(C)C)c1. The van der Waals surface area contributed by atoms with E-state index in [4.69, 9.17) is 9.84 Å². The lowest BCUT2D eigenvalue weighted by Crippen LogP contribution is -2.17. The van der Waals surface area contributed by atoms with Crippen LogP contribution in [0.15, 0.2) is 12.1 Å². The third-order valence-corrected chi connectivity index (χ3v) is 3.59. The zero-order chi connectivity index (χ0) is 15.5. The Kier molecular flexibility index (Phi) is 5.21. The third-order valence-electron chi connectivity index (χ3n) is 3.59. The molecule has 0 aliphatic rings. The van der Waals surface area contributed by atoms with E-state index in [1.165, 1.54) is 5.56 Å². The van der Waals surface area contributed by atoms with Gasteiger partial charge < -0.3 is 9.84 Å². The Bertz CT molecular complexity index is 484. The number of rotatable bonds is 5. The molecule has 0 radical (unpaired) electrons. The van der Waals surface area contributed by atoms with E-state index >= 15 is 0 Å². The summed E-state index contributed by atoms with van der Waals surface area (Å²) in [5.41, 5.74) is 3.33. The van der Waals surface area contributed by atoms with Crippen LogP contribution in [-0.4, -0.2) is 18.2 Å². The van der Waals surface area contributed by atoms with E-state index < -0.39 is 11.9 Å². The van der Waals surface area contributed by atoms with E-state index in [0.29, 0.717) is 6.42 Å². The molecule has 112 valence electrons. The number of methoxy groups -OCH3 is 1. The molecule has 1 unspecified atom stereocenters. The quantitative estimate of drug-likeness (QED) is 0.890. The Hall–Kier alpha value is -1.51. The number of aryl methyl sites for hydroxylation is 1. The molecule has 20 heavy (non-hydrogen) atoms. The molecule has 0 heterocycles. The van der Waals surface area contributed by atoms with Gasteiger partial charge in [0.15, 0.2) is 0 Å². The number of carboxylic acids is 1. The molecule has 3 nitrogen and oxygen atoms in total. The highest BCUT2D eigenvalue weighted by Crippen LogP contribution is 2.36. The molecule has 1 aromatic rings. The van der Waals surface area contributed by atoms with Crippen LogP contribution < -0.4 is 4.74 Å². The van der Waals surface area contributed by atoms with Crippen molar-refractivity contribution in [3.8, 4) is 5.75 Å². The fourth-order valence-electron chi connectivity index (χ4n) is 2.33. The zero-order valence-electron chi connectivity index (χ0n) is 13.4. The molecule has 0 bridgehead atoms. The van der Waals surface area contributed by atoms with Gasteiger partial charge in [0, 0.05) is 5.56 Å². The van der Waals surface area contributed by atoms with Gasteiger partial charge in [-0.05, 0) is 29.4 Å². The van der Waals surface area contributed by atoms with E-state index in [1.54, 1.807) is 14.0 Å². The van der Waals surface area contributed by atoms with Crippen molar-refractivity contribution in [2.45, 2.75) is 52.9 Å². The number of aliphatic carboxylic acids is 1. The molecule has 0 saturated heterocycles. The summed E-state index contributed by atoms with van der Waals surface area (Å²) in [5, 5.41) is 9.12. The van der Waals surface area contributed by atoms with Gasteiger partial charge in [-0.15, -0.1) is 0 Å². The number of carboxylic acid groups (broad SMARTS) is 1. The van der Waals surface area contributed by atoms with Crippen molar-refractivity contribution in [2.24, 2.45) is 5.92 Å². The number of hydrogen-bond acceptors (Lipinski definition) is 2. The highest BCUT2D eigenvalue weighted by atomic mass is 16.5. The summed E-state index contributed by atoms with van der Waals surface area (Å²) >= 11 is 0. The van der Waals surface area contributed by atoms with Crippen LogP contribution in [0.25, 0.3) is 0 Å². The van der Waals surface area contributed by atoms with Crippen LogP contribution in [0.2, 0.25) is 0 Å². The fraction of sp³-hybridized carbons (Fsp3) is 0.588. The van der Waals surface area contributed by atoms with Crippen molar-refractivity contribution in [1.29, 1.82) is 0 Å². The van der Waals surface area contributed by atoms with Gasteiger partial charge in [-0.2, -0.15) is 0 Å². The highest BCUT2D eigenvalue weighted by molar-refractivity contribution is 5.70. The average Bonchev–Trinajstić information content (AvgIpc) is 2.36. The van der Waals surface area contributed by atoms with Gasteiger partial charge in [0.2, 0.25) is 0 Å². The van der Waals surface area contributed by atoms with Crippen LogP contribution in [0.3, 0.4) is 0 Å². The second kappa shape index (κ2) is 6.29. The molecule has 1 rings (SSSR count). The van der Waals surface area contributed by atoms with Gasteiger partial charge in [0.05, 0.1) is 13.0 Å². The summed E-state index contributed by atoms with van der Waals surface area (Å²) in [6.45, 7) is 10.3. The number of ether oxygens (including phenoxy) is 1. The molecular weight excluding hydrogens is 252 g/mol. The lowest BCUT2D eigenvalue weighted by molar-refractivity contribution is -0.141. The number of benzene rings is 1. The molecule has 0 amide bonds. The largest absolute Gasteiger partial charge is 0.496 e. The van der Waals surface area contributed by atoms with Gasteiger partial charge >= 0.3 is 5.97 Å². The summed E-state index contributed by atoms with van der Waals surface area (Å²) in [7, 11) is 1.66. The molecule has 0 spiro atoms. The van der Waals surface area contributed by atoms with E-state index in [2.05, 4.69) is 39.8 Å². The first-order valence-corrected chi connectivity index (χ1v) is 7.13. The van der Waals surface area contributed by atoms with E-state index in [-0.39, 0.29) is 5.41 Å². The van der Waals surface area contributed by atoms with Crippen molar-refractivity contribution in [2.75, 3.05) is 7.11 Å². The minimum Gasteiger partial charge on any atom is -0.496 e. The average molecular weight is 278 g/mol. The maximum Gasteiger partial charge on any atom is 0.306 e. The molecule has 3 heteroatoms. The predicted octanol–water partition coefficient (Wildman–Crippen LogP) is 3.82. The van der Waals surface area contributed by atoms with Crippen LogP contribution in [0.4, 0.5) is 0 Å². The Morgan fingerprint density at radius 2 is 1.95 bits per heavy atom. The van der Waals surface area contributed by atoms with Crippen LogP contribution in [0.5, 0.6) is 5.75 Å². The molecule has 0 aliphatic heterocycles. The predicted molar refractivity (Wildman–Crippen MR) is 81.6 cm³/mol. The Morgan fingerprint density at radius 3 is 2.35 bits per heavy atom. The normalized spacial score (nSPS) is 13.1. The molecule has 0 aromatic heterocycles. The van der Waals surface area contributed by atoms with Crippen LogP contribution in [0, 0.1) is 5.92 Å². The summed E-state index contributed by atoms with van der Waals surface area (Å²) in [6, 6.07) is 4.25. The Labute approximate surface area is 122 Å². The van der Waals surface area contributed by atoms with Crippen LogP contribution in [-0.2, 0) is 23.1 Å². The van der Waals surface area contributed by atoms with Crippen molar-refractivity contribution >= 4 is 5.97 Å². The smallest absolute Gasteiger partial charge is 0.306 e. The minimum absolute atomic E-state index is 0.0300. The molecule has 0 aliphatic carbocycles. The first kappa shape index (κ1) is 16.5. The van der Waals surface area contributed by atoms with Crippen molar-refractivity contribution in [3.05, 3.63) is 28.8 Å². The van der Waals surface area contributed by atoms with Gasteiger partial charge in [0.25, 0.3) is 0 Å². The topological polar surface area (TPSA) is 46.5 Å². The van der Waals surface area contributed by atoms with Gasteiger partial charge in [0.1, 0.15) is 5.75 Å². The number of hydrogen-bond donors (Lipinski definition) is 1. The molecule has 1 aromatic carbocycles. The molecule has 0 fully saturated rings. The molecule has 1 N–H and O–H groups in total. The van der Waals surface area contributed by atoms with Gasteiger partial charge in [-0.1, -0.05) is 46.8 Å². The fourth-order valence-corrected chi connectivity index (χ4v) is 2.33. The summed E-state index contributed by atoms with van der Waals surface area (Å²) < 4.78 is 5.59. The standard InChI is InChI=1S/C17H26O3/c1-7-12-9-13(8-11(2)16(18)19)15(20-6)14(10-12)17(3,4)5/h9-11H,7-8H2,1-6H3,(H,18,19). The lowest BCUT2D eigenvalue weighted by Gasteiger charge is -2.25. The van der Waals surface area contributed by atoms with E-state index in [0.717, 1.165) is 23.3 Å². The first-order chi connectivity index (χ1) is 9.20. The van der Waals surface area contributed by atoms with Crippen molar-refractivity contribution in [1.82, 2.24) is 0 Å². The Balaban J connectivity index is 3.37. The molecule has 1 atom stereocenters. The van der Waals surface area contributed by atoms with Gasteiger partial charge in [-0.25, -0.2) is 0 Å². The van der Waals surface area contributed by atoms with E-state index in [1.807, 2.05) is 0 Å². The maximum atomic E-state index is 11.1. The van der Waals surface area contributed by atoms with Crippen LogP contribution in [0.1, 0.15) is 51.3 Å². The summed E-state index contributed by atoms with van der Waals surface area (Å²) in [6.07, 6.45) is 1.43. The van der Waals surface area contributed by atoms with Crippen LogP contribution >= 0.6 is 0 Å². The lowest BCUT2D eigenvalue weighted by atomic mass is 9.82. The molecular formula is C17H26O3. The summed E-state index contributed by atoms with van der Waals surface area (Å²) in [4.78, 5) is 11.1. The van der Waals surface area contributed by atoms with Crippen molar-refractivity contribution < 1.29 is 14.6 Å². The summed E-state index contributed by atoms with van der Waals surface area (Å²) in [5.74, 6) is -0.349. The monoisotopic (exact) mass is 278 g/mol. The van der Waals surface area contributed by atoms with Crippen molar-refractivity contribution in [3.63, 3.8) is 0 Å². The second-order valence-corrected chi connectivity index (χ2v) is 6.38.